The molecule has 1 spiro atoms. The molecule has 1 aliphatic carbocycles. The van der Waals surface area contributed by atoms with Crippen LogP contribution in [0.3, 0.4) is 0 Å². The number of nitrogens with zero attached hydrogens (tertiary/aromatic N) is 2. The van der Waals surface area contributed by atoms with E-state index in [1.807, 2.05) is 53.1 Å². The molecule has 7 heteroatoms. The third-order valence-electron chi connectivity index (χ3n) is 7.53. The summed E-state index contributed by atoms with van der Waals surface area (Å²) in [5, 5.41) is 0. The van der Waals surface area contributed by atoms with Crippen molar-refractivity contribution in [1.82, 2.24) is 9.80 Å². The number of likely N-dealkylation sites (tertiary alicyclic amines) is 2. The van der Waals surface area contributed by atoms with Crippen LogP contribution in [0.15, 0.2) is 36.4 Å². The summed E-state index contributed by atoms with van der Waals surface area (Å²) in [4.78, 5) is 42.3. The largest absolute Gasteiger partial charge is 0.494 e. The topological polar surface area (TPSA) is 76.2 Å². The van der Waals surface area contributed by atoms with E-state index >= 15 is 0 Å². The molecule has 0 N–H and O–H groups in total. The van der Waals surface area contributed by atoms with Crippen molar-refractivity contribution in [3.05, 3.63) is 42.0 Å². The van der Waals surface area contributed by atoms with Gasteiger partial charge in [0.2, 0.25) is 5.91 Å². The van der Waals surface area contributed by atoms with E-state index in [1.165, 1.54) is 7.11 Å². The molecule has 2 fully saturated rings. The fraction of sp³-hybridized carbons (Fsp3) is 0.577. The summed E-state index contributed by atoms with van der Waals surface area (Å²) in [5.41, 5.74) is 0.744. The molecule has 2 unspecified atom stereocenters. The Bertz CT molecular complexity index is 902. The van der Waals surface area contributed by atoms with Crippen LogP contribution >= 0.6 is 0 Å². The monoisotopic (exact) mass is 454 g/mol. The number of benzene rings is 1. The van der Waals surface area contributed by atoms with Gasteiger partial charge in [-0.1, -0.05) is 12.2 Å². The van der Waals surface area contributed by atoms with Gasteiger partial charge in [0, 0.05) is 31.7 Å². The summed E-state index contributed by atoms with van der Waals surface area (Å²) in [6.07, 6.45) is 7.86. The van der Waals surface area contributed by atoms with E-state index in [9.17, 15) is 14.4 Å². The van der Waals surface area contributed by atoms with Gasteiger partial charge < -0.3 is 19.3 Å². The maximum Gasteiger partial charge on any atom is 0.309 e. The zero-order valence-corrected chi connectivity index (χ0v) is 19.6. The molecular weight excluding hydrogens is 420 g/mol. The zero-order chi connectivity index (χ0) is 23.4. The molecule has 0 radical (unpaired) electrons. The average molecular weight is 455 g/mol. The Labute approximate surface area is 195 Å². The van der Waals surface area contributed by atoms with Crippen LogP contribution in [0.5, 0.6) is 5.75 Å². The highest BCUT2D eigenvalue weighted by Crippen LogP contribution is 2.42. The molecule has 0 saturated carbocycles. The number of carbonyl (C=O) groups is 3. The molecule has 3 aliphatic rings. The van der Waals surface area contributed by atoms with Gasteiger partial charge in [-0.25, -0.2) is 0 Å². The molecule has 1 aromatic carbocycles. The smallest absolute Gasteiger partial charge is 0.309 e. The third-order valence-corrected chi connectivity index (χ3v) is 7.53. The Kier molecular flexibility index (Phi) is 7.05. The average Bonchev–Trinajstić information content (AvgIpc) is 3.27. The molecule has 2 heterocycles. The lowest BCUT2D eigenvalue weighted by Gasteiger charge is -2.39. The number of piperidine rings is 1. The number of amides is 2. The first-order valence-corrected chi connectivity index (χ1v) is 12.0. The van der Waals surface area contributed by atoms with Gasteiger partial charge in [-0.2, -0.15) is 0 Å². The first-order chi connectivity index (χ1) is 16.0. The molecule has 7 nitrogen and oxygen atoms in total. The predicted molar refractivity (Wildman–Crippen MR) is 124 cm³/mol. The van der Waals surface area contributed by atoms with Gasteiger partial charge in [-0.05, 0) is 68.7 Å². The van der Waals surface area contributed by atoms with Gasteiger partial charge in [0.1, 0.15) is 5.75 Å². The lowest BCUT2D eigenvalue weighted by atomic mass is 9.77. The van der Waals surface area contributed by atoms with E-state index in [2.05, 4.69) is 0 Å². The second-order valence-corrected chi connectivity index (χ2v) is 9.44. The van der Waals surface area contributed by atoms with Crippen molar-refractivity contribution in [3.8, 4) is 5.75 Å². The fourth-order valence-electron chi connectivity index (χ4n) is 5.49. The van der Waals surface area contributed by atoms with E-state index in [1.54, 1.807) is 0 Å². The Balaban J connectivity index is 1.34. The number of carbonyl (C=O) groups excluding carboxylic acids is 3. The number of allylic oxidation sites excluding steroid dienone is 2. The highest BCUT2D eigenvalue weighted by molar-refractivity contribution is 5.94. The molecule has 0 bridgehead atoms. The van der Waals surface area contributed by atoms with E-state index in [0.717, 1.165) is 31.6 Å². The number of methoxy groups -OCH3 is 1. The number of hydrogen-bond donors (Lipinski definition) is 0. The van der Waals surface area contributed by atoms with E-state index in [0.29, 0.717) is 44.6 Å². The van der Waals surface area contributed by atoms with Crippen molar-refractivity contribution in [1.29, 1.82) is 0 Å². The maximum atomic E-state index is 13.3. The Morgan fingerprint density at radius 2 is 1.55 bits per heavy atom. The standard InChI is InChI=1S/C26H34N2O5/c1-3-33-20-10-8-19(9-11-20)23(29)27-15-12-26(13-16-27)14-17-28(18-26)24(30)21-6-4-5-7-22(21)25(31)32-2/h4-5,8-11,21-22H,3,6-7,12-18H2,1-2H3. The second kappa shape index (κ2) is 9.98. The van der Waals surface area contributed by atoms with Crippen molar-refractivity contribution in [3.63, 3.8) is 0 Å². The van der Waals surface area contributed by atoms with Gasteiger partial charge in [-0.15, -0.1) is 0 Å². The van der Waals surface area contributed by atoms with Gasteiger partial charge in [0.05, 0.1) is 25.6 Å². The fourth-order valence-corrected chi connectivity index (χ4v) is 5.49. The van der Waals surface area contributed by atoms with Crippen LogP contribution in [-0.2, 0) is 14.3 Å². The van der Waals surface area contributed by atoms with Gasteiger partial charge >= 0.3 is 5.97 Å². The maximum absolute atomic E-state index is 13.3. The molecule has 2 saturated heterocycles. The van der Waals surface area contributed by atoms with E-state index in [4.69, 9.17) is 9.47 Å². The van der Waals surface area contributed by atoms with E-state index < -0.39 is 5.92 Å². The molecular formula is C26H34N2O5. The van der Waals surface area contributed by atoms with Crippen molar-refractivity contribution in [2.24, 2.45) is 17.3 Å². The number of ether oxygens (including phenoxy) is 2. The highest BCUT2D eigenvalue weighted by atomic mass is 16.5. The Morgan fingerprint density at radius 3 is 2.15 bits per heavy atom. The first kappa shape index (κ1) is 23.3. The number of rotatable bonds is 5. The molecule has 2 aliphatic heterocycles. The molecule has 4 rings (SSSR count). The number of esters is 1. The van der Waals surface area contributed by atoms with Crippen LogP contribution in [0.4, 0.5) is 0 Å². The summed E-state index contributed by atoms with van der Waals surface area (Å²) >= 11 is 0. The lowest BCUT2D eigenvalue weighted by molar-refractivity contribution is -0.153. The molecule has 2 atom stereocenters. The van der Waals surface area contributed by atoms with Crippen molar-refractivity contribution in [2.75, 3.05) is 39.9 Å². The minimum Gasteiger partial charge on any atom is -0.494 e. The summed E-state index contributed by atoms with van der Waals surface area (Å²) in [6, 6.07) is 7.32. The quantitative estimate of drug-likeness (QED) is 0.504. The minimum absolute atomic E-state index is 0.0498. The number of hydrogen-bond acceptors (Lipinski definition) is 5. The van der Waals surface area contributed by atoms with Crippen molar-refractivity contribution in [2.45, 2.75) is 39.0 Å². The second-order valence-electron chi connectivity index (χ2n) is 9.44. The SMILES string of the molecule is CCOc1ccc(C(=O)N2CCC3(CC2)CCN(C(=O)C2CC=CCC2C(=O)OC)C3)cc1. The van der Waals surface area contributed by atoms with Gasteiger partial charge in [0.25, 0.3) is 5.91 Å². The van der Waals surface area contributed by atoms with Crippen molar-refractivity contribution < 1.29 is 23.9 Å². The van der Waals surface area contributed by atoms with Crippen LogP contribution < -0.4 is 4.74 Å². The summed E-state index contributed by atoms with van der Waals surface area (Å²) in [7, 11) is 1.38. The van der Waals surface area contributed by atoms with Crippen LogP contribution in [0.2, 0.25) is 0 Å². The normalized spacial score (nSPS) is 24.1. The van der Waals surface area contributed by atoms with Crippen LogP contribution in [0.1, 0.15) is 49.4 Å². The third kappa shape index (κ3) is 4.92. The van der Waals surface area contributed by atoms with Gasteiger partial charge in [0.15, 0.2) is 0 Å². The zero-order valence-electron chi connectivity index (χ0n) is 19.6. The Hall–Kier alpha value is -2.83. The Morgan fingerprint density at radius 1 is 0.939 bits per heavy atom. The predicted octanol–water partition coefficient (Wildman–Crippen LogP) is 3.30. The van der Waals surface area contributed by atoms with Crippen molar-refractivity contribution >= 4 is 17.8 Å². The summed E-state index contributed by atoms with van der Waals surface area (Å²) < 4.78 is 10.4. The lowest BCUT2D eigenvalue weighted by Crippen LogP contribution is -2.46. The molecule has 33 heavy (non-hydrogen) atoms. The van der Waals surface area contributed by atoms with Crippen LogP contribution in [-0.4, -0.2) is 67.5 Å². The highest BCUT2D eigenvalue weighted by Gasteiger charge is 2.45. The van der Waals surface area contributed by atoms with Crippen LogP contribution in [0, 0.1) is 17.3 Å². The van der Waals surface area contributed by atoms with Gasteiger partial charge in [-0.3, -0.25) is 14.4 Å². The summed E-state index contributed by atoms with van der Waals surface area (Å²) in [5.74, 6) is -0.136. The molecule has 1 aromatic rings. The summed E-state index contributed by atoms with van der Waals surface area (Å²) in [6.45, 7) is 5.37. The first-order valence-electron chi connectivity index (χ1n) is 12.0. The molecule has 0 aromatic heterocycles. The molecule has 178 valence electrons. The molecule has 2 amide bonds. The van der Waals surface area contributed by atoms with Crippen LogP contribution in [0.25, 0.3) is 0 Å². The minimum atomic E-state index is -0.391. The van der Waals surface area contributed by atoms with E-state index in [-0.39, 0.29) is 29.1 Å².